The normalized spacial score (nSPS) is 38.5. The van der Waals surface area contributed by atoms with Crippen molar-refractivity contribution in [3.63, 3.8) is 0 Å². The molecule has 2 heterocycles. The molecule has 0 N–H and O–H groups in total. The molecule has 0 aliphatic carbocycles. The summed E-state index contributed by atoms with van der Waals surface area (Å²) in [5.74, 6) is -1.85. The molecule has 0 amide bonds. The minimum Gasteiger partial charge on any atom is -0.337 e. The largest absolute Gasteiger partial charge is 0.337 e. The molecule has 0 spiro atoms. The van der Waals surface area contributed by atoms with Gasteiger partial charge in [0.1, 0.15) is 0 Å². The smallest absolute Gasteiger partial charge is 0.232 e. The third-order valence-corrected chi connectivity index (χ3v) is 3.86. The van der Waals surface area contributed by atoms with Crippen LogP contribution in [-0.4, -0.2) is 29.1 Å². The van der Waals surface area contributed by atoms with E-state index in [2.05, 4.69) is 0 Å². The van der Waals surface area contributed by atoms with Crippen molar-refractivity contribution >= 4 is 11.6 Å². The van der Waals surface area contributed by atoms with Gasteiger partial charge in [0.15, 0.2) is 11.4 Å². The highest BCUT2D eigenvalue weighted by molar-refractivity contribution is 6.16. The molecule has 2 aliphatic heterocycles. The van der Waals surface area contributed by atoms with E-state index in [0.29, 0.717) is 11.1 Å². The Labute approximate surface area is 105 Å². The highest BCUT2D eigenvalue weighted by Gasteiger charge is 2.60. The Hall–Kier alpha value is -1.52. The van der Waals surface area contributed by atoms with E-state index in [-0.39, 0.29) is 11.6 Å². The second-order valence-corrected chi connectivity index (χ2v) is 5.12. The Kier molecular flexibility index (Phi) is 2.10. The van der Waals surface area contributed by atoms with Crippen molar-refractivity contribution < 1.29 is 19.1 Å². The summed E-state index contributed by atoms with van der Waals surface area (Å²) in [4.78, 5) is 25.0. The van der Waals surface area contributed by atoms with Crippen LogP contribution in [0.1, 0.15) is 41.5 Å². The molecule has 0 unspecified atom stereocenters. The van der Waals surface area contributed by atoms with Crippen LogP contribution < -0.4 is 0 Å². The molecule has 1 aromatic carbocycles. The van der Waals surface area contributed by atoms with Crippen LogP contribution in [0.15, 0.2) is 24.3 Å². The SMILES string of the molecule is C[C@@H]1O[C@]2(C)O[C@@]1(C)C(=O)c1ccccc1C2=O. The molecule has 4 heteroatoms. The highest BCUT2D eigenvalue weighted by Crippen LogP contribution is 2.43. The molecule has 3 atom stereocenters. The van der Waals surface area contributed by atoms with Crippen molar-refractivity contribution in [2.45, 2.75) is 38.3 Å². The maximum Gasteiger partial charge on any atom is 0.232 e. The van der Waals surface area contributed by atoms with Crippen LogP contribution in [0.2, 0.25) is 0 Å². The van der Waals surface area contributed by atoms with Gasteiger partial charge in [-0.2, -0.15) is 0 Å². The van der Waals surface area contributed by atoms with Crippen molar-refractivity contribution in [1.82, 2.24) is 0 Å². The Morgan fingerprint density at radius 2 is 1.61 bits per heavy atom. The monoisotopic (exact) mass is 246 g/mol. The van der Waals surface area contributed by atoms with Crippen molar-refractivity contribution in [3.05, 3.63) is 35.4 Å². The first-order valence-corrected chi connectivity index (χ1v) is 5.95. The fraction of sp³-hybridized carbons (Fsp3) is 0.429. The topological polar surface area (TPSA) is 52.6 Å². The maximum absolute atomic E-state index is 12.6. The molecule has 3 rings (SSSR count). The quantitative estimate of drug-likeness (QED) is 0.702. The van der Waals surface area contributed by atoms with Crippen molar-refractivity contribution in [2.24, 2.45) is 0 Å². The number of rotatable bonds is 0. The van der Waals surface area contributed by atoms with E-state index < -0.39 is 17.5 Å². The number of fused-ring (bicyclic) bond motifs is 3. The summed E-state index contributed by atoms with van der Waals surface area (Å²) in [5.41, 5.74) is -0.304. The van der Waals surface area contributed by atoms with Gasteiger partial charge in [0.25, 0.3) is 0 Å². The van der Waals surface area contributed by atoms with Crippen LogP contribution in [0.25, 0.3) is 0 Å². The minimum absolute atomic E-state index is 0.194. The maximum atomic E-state index is 12.6. The van der Waals surface area contributed by atoms with Gasteiger partial charge in [-0.1, -0.05) is 24.3 Å². The molecule has 2 aliphatic rings. The standard InChI is InChI=1S/C14H14O4/c1-8-13(2)11(15)9-6-4-5-7-10(9)12(16)14(3,17-8)18-13/h4-8H,1-3H3/t8-,13+,14+/m0/s1. The van der Waals surface area contributed by atoms with E-state index in [1.165, 1.54) is 0 Å². The molecule has 18 heavy (non-hydrogen) atoms. The Balaban J connectivity index is 2.30. The summed E-state index contributed by atoms with van der Waals surface area (Å²) >= 11 is 0. The molecule has 1 fully saturated rings. The van der Waals surface area contributed by atoms with Crippen LogP contribution in [0.3, 0.4) is 0 Å². The van der Waals surface area contributed by atoms with E-state index in [1.807, 2.05) is 0 Å². The lowest BCUT2D eigenvalue weighted by Gasteiger charge is -2.24. The summed E-state index contributed by atoms with van der Waals surface area (Å²) < 4.78 is 11.3. The first kappa shape index (κ1) is 11.6. The van der Waals surface area contributed by atoms with E-state index in [1.54, 1.807) is 45.0 Å². The zero-order valence-electron chi connectivity index (χ0n) is 10.5. The summed E-state index contributed by atoms with van der Waals surface area (Å²) in [6, 6.07) is 6.79. The Bertz CT molecular complexity index is 565. The third-order valence-electron chi connectivity index (χ3n) is 3.86. The second-order valence-electron chi connectivity index (χ2n) is 5.12. The molecule has 1 saturated heterocycles. The van der Waals surface area contributed by atoms with Gasteiger partial charge in [0.05, 0.1) is 6.10 Å². The van der Waals surface area contributed by atoms with Gasteiger partial charge in [-0.3, -0.25) is 9.59 Å². The fourth-order valence-electron chi connectivity index (χ4n) is 2.68. The van der Waals surface area contributed by atoms with E-state index in [9.17, 15) is 9.59 Å². The average molecular weight is 246 g/mol. The number of carbonyl (C=O) groups excluding carboxylic acids is 2. The van der Waals surface area contributed by atoms with Gasteiger partial charge in [-0.05, 0) is 20.8 Å². The van der Waals surface area contributed by atoms with Crippen molar-refractivity contribution in [2.75, 3.05) is 0 Å². The number of carbonyl (C=O) groups is 2. The van der Waals surface area contributed by atoms with Crippen LogP contribution in [0, 0.1) is 0 Å². The number of hydrogen-bond donors (Lipinski definition) is 0. The van der Waals surface area contributed by atoms with Crippen LogP contribution in [0.5, 0.6) is 0 Å². The summed E-state index contributed by atoms with van der Waals surface area (Å²) in [6.45, 7) is 5.01. The summed E-state index contributed by atoms with van der Waals surface area (Å²) in [7, 11) is 0. The van der Waals surface area contributed by atoms with Crippen molar-refractivity contribution in [3.8, 4) is 0 Å². The zero-order valence-corrected chi connectivity index (χ0v) is 10.5. The minimum atomic E-state index is -1.36. The van der Waals surface area contributed by atoms with Gasteiger partial charge < -0.3 is 9.47 Å². The van der Waals surface area contributed by atoms with Crippen LogP contribution in [-0.2, 0) is 9.47 Å². The molecule has 0 radical (unpaired) electrons. The van der Waals surface area contributed by atoms with Crippen LogP contribution in [0.4, 0.5) is 0 Å². The van der Waals surface area contributed by atoms with Crippen molar-refractivity contribution in [1.29, 1.82) is 0 Å². The third kappa shape index (κ3) is 1.22. The lowest BCUT2D eigenvalue weighted by molar-refractivity contribution is -0.130. The molecule has 0 aromatic heterocycles. The predicted molar refractivity (Wildman–Crippen MR) is 63.5 cm³/mol. The predicted octanol–water partition coefficient (Wildman–Crippen LogP) is 1.98. The van der Waals surface area contributed by atoms with E-state index >= 15 is 0 Å². The van der Waals surface area contributed by atoms with Gasteiger partial charge in [0, 0.05) is 11.1 Å². The average Bonchev–Trinajstić information content (AvgIpc) is 2.57. The molecule has 2 bridgehead atoms. The van der Waals surface area contributed by atoms with Gasteiger partial charge in [-0.15, -0.1) is 0 Å². The van der Waals surface area contributed by atoms with Crippen LogP contribution >= 0.6 is 0 Å². The highest BCUT2D eigenvalue weighted by atomic mass is 16.8. The number of ether oxygens (including phenoxy) is 2. The summed E-state index contributed by atoms with van der Waals surface area (Å²) in [5, 5.41) is 0. The number of hydrogen-bond acceptors (Lipinski definition) is 4. The van der Waals surface area contributed by atoms with E-state index in [4.69, 9.17) is 9.47 Å². The van der Waals surface area contributed by atoms with Gasteiger partial charge in [0.2, 0.25) is 11.6 Å². The fourth-order valence-corrected chi connectivity index (χ4v) is 2.68. The number of benzene rings is 1. The number of ketones is 2. The molecular formula is C14H14O4. The molecule has 94 valence electrons. The lowest BCUT2D eigenvalue weighted by atomic mass is 9.87. The summed E-state index contributed by atoms with van der Waals surface area (Å²) in [6.07, 6.45) is -0.452. The van der Waals surface area contributed by atoms with Gasteiger partial charge >= 0.3 is 0 Å². The zero-order chi connectivity index (χ0) is 13.1. The molecule has 0 saturated carbocycles. The Morgan fingerprint density at radius 1 is 1.06 bits per heavy atom. The first-order chi connectivity index (χ1) is 8.38. The molecule has 4 nitrogen and oxygen atoms in total. The first-order valence-electron chi connectivity index (χ1n) is 5.95. The van der Waals surface area contributed by atoms with E-state index in [0.717, 1.165) is 0 Å². The number of Topliss-reactive ketones (excluding diaryl/α,β-unsaturated/α-hetero) is 2. The Morgan fingerprint density at radius 3 is 2.22 bits per heavy atom. The second kappa shape index (κ2) is 3.28. The molecular weight excluding hydrogens is 232 g/mol. The lowest BCUT2D eigenvalue weighted by Crippen LogP contribution is -2.43. The van der Waals surface area contributed by atoms with Gasteiger partial charge in [-0.25, -0.2) is 0 Å². The molecule has 1 aromatic rings.